The first-order chi connectivity index (χ1) is 7.97. The van der Waals surface area contributed by atoms with E-state index in [9.17, 15) is 4.79 Å². The van der Waals surface area contributed by atoms with E-state index in [1.54, 1.807) is 0 Å². The van der Waals surface area contributed by atoms with Crippen LogP contribution in [0.25, 0.3) is 0 Å². The highest BCUT2D eigenvalue weighted by Gasteiger charge is 2.15. The smallest absolute Gasteiger partial charge is 0.407 e. The van der Waals surface area contributed by atoms with Gasteiger partial charge in [-0.3, -0.25) is 0 Å². The zero-order valence-corrected chi connectivity index (χ0v) is 10.7. The first-order valence-corrected chi connectivity index (χ1v) is 5.76. The lowest BCUT2D eigenvalue weighted by Gasteiger charge is -2.19. The lowest BCUT2D eigenvalue weighted by atomic mass is 10.2. The van der Waals surface area contributed by atoms with E-state index in [2.05, 4.69) is 15.6 Å². The highest BCUT2D eigenvalue weighted by molar-refractivity contribution is 5.67. The number of ether oxygens (including phenoxy) is 1. The van der Waals surface area contributed by atoms with Crippen molar-refractivity contribution < 1.29 is 9.53 Å². The summed E-state index contributed by atoms with van der Waals surface area (Å²) in [6, 6.07) is 2.01. The van der Waals surface area contributed by atoms with E-state index in [4.69, 9.17) is 4.74 Å². The summed E-state index contributed by atoms with van der Waals surface area (Å²) in [4.78, 5) is 14.3. The van der Waals surface area contributed by atoms with Crippen molar-refractivity contribution in [1.29, 1.82) is 0 Å². The van der Waals surface area contributed by atoms with Crippen LogP contribution < -0.4 is 10.6 Å². The fourth-order valence-electron chi connectivity index (χ4n) is 1.27. The Balaban J connectivity index is 2.02. The topological polar surface area (TPSA) is 66.2 Å². The Morgan fingerprint density at radius 2 is 2.18 bits per heavy atom. The monoisotopic (exact) mass is 239 g/mol. The molecular weight excluding hydrogens is 218 g/mol. The van der Waals surface area contributed by atoms with Crippen LogP contribution in [0.4, 0.5) is 4.79 Å². The van der Waals surface area contributed by atoms with Crippen molar-refractivity contribution in [3.8, 4) is 0 Å². The molecule has 0 bridgehead atoms. The molecule has 0 saturated carbocycles. The number of carbonyl (C=O) groups excluding carboxylic acids is 1. The van der Waals surface area contributed by atoms with Crippen LogP contribution in [0, 0.1) is 0 Å². The van der Waals surface area contributed by atoms with E-state index in [1.165, 1.54) is 5.56 Å². The molecule has 5 nitrogen and oxygen atoms in total. The maximum Gasteiger partial charge on any atom is 0.407 e. The third-order valence-electron chi connectivity index (χ3n) is 1.96. The maximum absolute atomic E-state index is 11.3. The van der Waals surface area contributed by atoms with Gasteiger partial charge in [-0.1, -0.05) is 0 Å². The third-order valence-corrected chi connectivity index (χ3v) is 1.96. The Morgan fingerprint density at radius 1 is 1.41 bits per heavy atom. The van der Waals surface area contributed by atoms with Crippen LogP contribution in [-0.2, 0) is 11.3 Å². The molecule has 17 heavy (non-hydrogen) atoms. The average molecular weight is 239 g/mol. The van der Waals surface area contributed by atoms with Crippen LogP contribution in [0.15, 0.2) is 18.5 Å². The fraction of sp³-hybridized carbons (Fsp3) is 0.583. The number of aromatic amines is 1. The first kappa shape index (κ1) is 13.6. The number of H-pyrrole nitrogens is 1. The summed E-state index contributed by atoms with van der Waals surface area (Å²) in [5.74, 6) is 0. The van der Waals surface area contributed by atoms with Gasteiger partial charge in [0.2, 0.25) is 0 Å². The summed E-state index contributed by atoms with van der Waals surface area (Å²) in [5.41, 5.74) is 0.755. The molecular formula is C12H21N3O2. The molecule has 0 spiro atoms. The van der Waals surface area contributed by atoms with Crippen molar-refractivity contribution in [3.05, 3.63) is 24.0 Å². The Morgan fingerprint density at radius 3 is 2.76 bits per heavy atom. The summed E-state index contributed by atoms with van der Waals surface area (Å²) < 4.78 is 5.11. The third kappa shape index (κ3) is 6.63. The van der Waals surface area contributed by atoms with Crippen molar-refractivity contribution in [1.82, 2.24) is 15.6 Å². The van der Waals surface area contributed by atoms with Crippen LogP contribution in [0.1, 0.15) is 26.3 Å². The molecule has 0 atom stereocenters. The molecule has 1 heterocycles. The van der Waals surface area contributed by atoms with E-state index in [0.717, 1.165) is 6.54 Å². The Kier molecular flexibility index (Phi) is 5.03. The van der Waals surface area contributed by atoms with Gasteiger partial charge in [-0.15, -0.1) is 0 Å². The highest BCUT2D eigenvalue weighted by atomic mass is 16.6. The molecule has 0 fully saturated rings. The van der Waals surface area contributed by atoms with Crippen LogP contribution >= 0.6 is 0 Å². The number of hydrogen-bond donors (Lipinski definition) is 3. The van der Waals surface area contributed by atoms with Crippen molar-refractivity contribution in [3.63, 3.8) is 0 Å². The lowest BCUT2D eigenvalue weighted by molar-refractivity contribution is 0.0528. The van der Waals surface area contributed by atoms with Gasteiger partial charge in [-0.2, -0.15) is 0 Å². The zero-order valence-electron chi connectivity index (χ0n) is 10.7. The van der Waals surface area contributed by atoms with Gasteiger partial charge < -0.3 is 20.4 Å². The second-order valence-electron chi connectivity index (χ2n) is 4.82. The average Bonchev–Trinajstić information content (AvgIpc) is 2.67. The van der Waals surface area contributed by atoms with Crippen LogP contribution in [0.3, 0.4) is 0 Å². The molecule has 0 radical (unpaired) electrons. The summed E-state index contributed by atoms with van der Waals surface area (Å²) in [7, 11) is 0. The normalized spacial score (nSPS) is 11.2. The first-order valence-electron chi connectivity index (χ1n) is 5.76. The second-order valence-corrected chi connectivity index (χ2v) is 4.82. The van der Waals surface area contributed by atoms with E-state index in [0.29, 0.717) is 13.1 Å². The molecule has 5 heteroatoms. The number of rotatable bonds is 5. The number of alkyl carbamates (subject to hydrolysis) is 1. The molecule has 1 rings (SSSR count). The maximum atomic E-state index is 11.3. The van der Waals surface area contributed by atoms with Gasteiger partial charge in [-0.05, 0) is 32.4 Å². The number of aromatic nitrogens is 1. The summed E-state index contributed by atoms with van der Waals surface area (Å²) >= 11 is 0. The predicted octanol–water partition coefficient (Wildman–Crippen LogP) is 1.63. The molecule has 0 aliphatic rings. The minimum absolute atomic E-state index is 0.374. The molecule has 0 aliphatic carbocycles. The molecule has 1 aromatic rings. The number of nitrogens with one attached hydrogen (secondary N) is 3. The van der Waals surface area contributed by atoms with E-state index in [1.807, 2.05) is 39.2 Å². The van der Waals surface area contributed by atoms with Crippen molar-refractivity contribution in [2.24, 2.45) is 0 Å². The quantitative estimate of drug-likeness (QED) is 0.684. The number of carbonyl (C=O) groups is 1. The molecule has 0 aliphatic heterocycles. The van der Waals surface area contributed by atoms with Gasteiger partial charge in [0, 0.05) is 32.0 Å². The van der Waals surface area contributed by atoms with Crippen LogP contribution in [0.5, 0.6) is 0 Å². The minimum Gasteiger partial charge on any atom is -0.444 e. The van der Waals surface area contributed by atoms with Gasteiger partial charge >= 0.3 is 6.09 Å². The van der Waals surface area contributed by atoms with Crippen molar-refractivity contribution in [2.45, 2.75) is 32.9 Å². The molecule has 1 amide bonds. The number of amides is 1. The molecule has 3 N–H and O–H groups in total. The lowest BCUT2D eigenvalue weighted by Crippen LogP contribution is -2.36. The van der Waals surface area contributed by atoms with E-state index >= 15 is 0 Å². The summed E-state index contributed by atoms with van der Waals surface area (Å²) in [6.45, 7) is 7.59. The standard InChI is InChI=1S/C12H21N3O2/c1-12(2,3)17-11(16)15-7-6-14-9-10-4-5-13-8-10/h4-5,8,13-14H,6-7,9H2,1-3H3,(H,15,16). The van der Waals surface area contributed by atoms with Gasteiger partial charge in [0.1, 0.15) is 5.60 Å². The summed E-state index contributed by atoms with van der Waals surface area (Å²) in [6.07, 6.45) is 3.45. The number of hydrogen-bond acceptors (Lipinski definition) is 3. The van der Waals surface area contributed by atoms with Gasteiger partial charge in [0.05, 0.1) is 0 Å². The van der Waals surface area contributed by atoms with Gasteiger partial charge in [0.15, 0.2) is 0 Å². The van der Waals surface area contributed by atoms with Crippen LogP contribution in [-0.4, -0.2) is 29.8 Å². The van der Waals surface area contributed by atoms with Gasteiger partial charge in [0.25, 0.3) is 0 Å². The van der Waals surface area contributed by atoms with Crippen molar-refractivity contribution in [2.75, 3.05) is 13.1 Å². The Labute approximate surface area is 102 Å². The SMILES string of the molecule is CC(C)(C)OC(=O)NCCNCc1cc[nH]c1. The highest BCUT2D eigenvalue weighted by Crippen LogP contribution is 2.05. The van der Waals surface area contributed by atoms with E-state index < -0.39 is 5.60 Å². The fourth-order valence-corrected chi connectivity index (χ4v) is 1.27. The Hall–Kier alpha value is -1.49. The van der Waals surface area contributed by atoms with Crippen LogP contribution in [0.2, 0.25) is 0 Å². The molecule has 0 aromatic carbocycles. The molecule has 0 saturated heterocycles. The summed E-state index contributed by atoms with van der Waals surface area (Å²) in [5, 5.41) is 5.90. The van der Waals surface area contributed by atoms with Gasteiger partial charge in [-0.25, -0.2) is 4.79 Å². The largest absolute Gasteiger partial charge is 0.444 e. The predicted molar refractivity (Wildman–Crippen MR) is 66.7 cm³/mol. The minimum atomic E-state index is -0.442. The van der Waals surface area contributed by atoms with Crippen molar-refractivity contribution >= 4 is 6.09 Å². The molecule has 0 unspecified atom stereocenters. The zero-order chi connectivity index (χ0) is 12.7. The second kappa shape index (κ2) is 6.30. The molecule has 1 aromatic heterocycles. The van der Waals surface area contributed by atoms with E-state index in [-0.39, 0.29) is 6.09 Å². The molecule has 96 valence electrons. The Bertz CT molecular complexity index is 328.